The highest BCUT2D eigenvalue weighted by atomic mass is 16.5. The molecule has 2 aromatic carbocycles. The van der Waals surface area contributed by atoms with Crippen LogP contribution in [0.25, 0.3) is 11.1 Å². The van der Waals surface area contributed by atoms with Gasteiger partial charge in [0, 0.05) is 0 Å². The van der Waals surface area contributed by atoms with Crippen LogP contribution >= 0.6 is 0 Å². The van der Waals surface area contributed by atoms with E-state index < -0.39 is 5.97 Å². The first-order chi connectivity index (χ1) is 10.6. The minimum absolute atomic E-state index is 0.0509. The molecule has 114 valence electrons. The Balaban J connectivity index is 1.97. The normalized spacial score (nSPS) is 19.7. The first-order valence-corrected chi connectivity index (χ1v) is 7.25. The van der Waals surface area contributed by atoms with Gasteiger partial charge in [-0.2, -0.15) is 0 Å². The van der Waals surface area contributed by atoms with Crippen LogP contribution in [-0.4, -0.2) is 23.3 Å². The largest absolute Gasteiger partial charge is 0.497 e. The van der Waals surface area contributed by atoms with Crippen LogP contribution in [0.5, 0.6) is 5.75 Å². The second kappa shape index (κ2) is 5.81. The summed E-state index contributed by atoms with van der Waals surface area (Å²) in [4.78, 5) is 11.0. The summed E-state index contributed by atoms with van der Waals surface area (Å²) in [5.41, 5.74) is 3.74. The van der Waals surface area contributed by atoms with Crippen LogP contribution < -0.4 is 4.74 Å². The van der Waals surface area contributed by atoms with E-state index in [1.54, 1.807) is 7.11 Å². The lowest BCUT2D eigenvalue weighted by molar-refractivity contribution is -0.138. The second-order valence-electron chi connectivity index (χ2n) is 5.59. The molecule has 1 aliphatic rings. The third kappa shape index (κ3) is 2.70. The Morgan fingerprint density at radius 3 is 2.73 bits per heavy atom. The van der Waals surface area contributed by atoms with Gasteiger partial charge in [-0.25, -0.2) is 0 Å². The standard InChI is InChI=1S/C18H18O4/c1-22-14-6-5-13(10-19)15(8-14)11-3-2-4-12(7-11)16-9-17(16)18(20)21/h2-8,16-17,19H,9-10H2,1H3,(H,20,21)/t16-,17+/m0/s1. The fourth-order valence-electron chi connectivity index (χ4n) is 2.86. The lowest BCUT2D eigenvalue weighted by atomic mass is 9.96. The number of rotatable bonds is 5. The van der Waals surface area contributed by atoms with Crippen molar-refractivity contribution in [2.45, 2.75) is 18.9 Å². The van der Waals surface area contributed by atoms with E-state index in [1.807, 2.05) is 42.5 Å². The van der Waals surface area contributed by atoms with E-state index >= 15 is 0 Å². The number of carboxylic acids is 1. The van der Waals surface area contributed by atoms with Crippen LogP contribution in [0.2, 0.25) is 0 Å². The Bertz CT molecular complexity index is 708. The first-order valence-electron chi connectivity index (χ1n) is 7.25. The lowest BCUT2D eigenvalue weighted by Gasteiger charge is -2.11. The molecule has 4 nitrogen and oxygen atoms in total. The zero-order valence-electron chi connectivity index (χ0n) is 12.3. The molecule has 2 N–H and O–H groups in total. The van der Waals surface area contributed by atoms with E-state index in [1.165, 1.54) is 0 Å². The Kier molecular flexibility index (Phi) is 3.86. The molecule has 0 spiro atoms. The molecule has 2 aromatic rings. The maximum atomic E-state index is 11.0. The van der Waals surface area contributed by atoms with Crippen molar-refractivity contribution in [3.63, 3.8) is 0 Å². The van der Waals surface area contributed by atoms with Gasteiger partial charge in [0.2, 0.25) is 0 Å². The molecule has 0 aliphatic heterocycles. The molecule has 0 aromatic heterocycles. The third-order valence-electron chi connectivity index (χ3n) is 4.22. The Labute approximate surface area is 129 Å². The van der Waals surface area contributed by atoms with E-state index in [4.69, 9.17) is 9.84 Å². The van der Waals surface area contributed by atoms with Gasteiger partial charge < -0.3 is 14.9 Å². The maximum absolute atomic E-state index is 11.0. The van der Waals surface area contributed by atoms with Gasteiger partial charge in [0.15, 0.2) is 0 Å². The average molecular weight is 298 g/mol. The van der Waals surface area contributed by atoms with E-state index in [-0.39, 0.29) is 18.4 Å². The predicted molar refractivity (Wildman–Crippen MR) is 82.8 cm³/mol. The van der Waals surface area contributed by atoms with Gasteiger partial charge >= 0.3 is 5.97 Å². The lowest BCUT2D eigenvalue weighted by Crippen LogP contribution is -1.99. The second-order valence-corrected chi connectivity index (χ2v) is 5.59. The summed E-state index contributed by atoms with van der Waals surface area (Å²) < 4.78 is 5.26. The zero-order chi connectivity index (χ0) is 15.7. The highest BCUT2D eigenvalue weighted by molar-refractivity contribution is 5.76. The summed E-state index contributed by atoms with van der Waals surface area (Å²) in [6.07, 6.45) is 0.698. The smallest absolute Gasteiger partial charge is 0.307 e. The van der Waals surface area contributed by atoms with Crippen LogP contribution in [0.15, 0.2) is 42.5 Å². The van der Waals surface area contributed by atoms with E-state index in [0.29, 0.717) is 6.42 Å². The van der Waals surface area contributed by atoms with Crippen molar-refractivity contribution in [2.24, 2.45) is 5.92 Å². The van der Waals surface area contributed by atoms with Gasteiger partial charge in [0.1, 0.15) is 5.75 Å². The van der Waals surface area contributed by atoms with Crippen molar-refractivity contribution in [1.29, 1.82) is 0 Å². The van der Waals surface area contributed by atoms with Crippen LogP contribution in [0, 0.1) is 5.92 Å². The van der Waals surface area contributed by atoms with Gasteiger partial charge in [0.05, 0.1) is 19.6 Å². The number of benzene rings is 2. The predicted octanol–water partition coefficient (Wildman–Crippen LogP) is 3.04. The summed E-state index contributed by atoms with van der Waals surface area (Å²) in [5.74, 6) is -0.168. The molecule has 0 heterocycles. The number of hydrogen-bond acceptors (Lipinski definition) is 3. The summed E-state index contributed by atoms with van der Waals surface area (Å²) >= 11 is 0. The van der Waals surface area contributed by atoms with Crippen molar-refractivity contribution in [3.05, 3.63) is 53.6 Å². The average Bonchev–Trinajstić information content (AvgIpc) is 3.35. The molecule has 4 heteroatoms. The van der Waals surface area contributed by atoms with Gasteiger partial charge in [-0.15, -0.1) is 0 Å². The summed E-state index contributed by atoms with van der Waals surface area (Å²) in [6.45, 7) is -0.0509. The number of aliphatic hydroxyl groups is 1. The minimum Gasteiger partial charge on any atom is -0.497 e. The monoisotopic (exact) mass is 298 g/mol. The summed E-state index contributed by atoms with van der Waals surface area (Å²) in [7, 11) is 1.61. The highest BCUT2D eigenvalue weighted by Gasteiger charge is 2.44. The molecular weight excluding hydrogens is 280 g/mol. The number of carboxylic acid groups (broad SMARTS) is 1. The summed E-state index contributed by atoms with van der Waals surface area (Å²) in [6, 6.07) is 13.4. The fraction of sp³-hybridized carbons (Fsp3) is 0.278. The molecule has 3 rings (SSSR count). The number of aliphatic hydroxyl groups excluding tert-OH is 1. The van der Waals surface area contributed by atoms with E-state index in [2.05, 4.69) is 0 Å². The van der Waals surface area contributed by atoms with Crippen LogP contribution in [0.3, 0.4) is 0 Å². The number of hydrogen-bond donors (Lipinski definition) is 2. The molecule has 1 saturated carbocycles. The molecule has 0 radical (unpaired) electrons. The van der Waals surface area contributed by atoms with Crippen LogP contribution in [0.4, 0.5) is 0 Å². The third-order valence-corrected chi connectivity index (χ3v) is 4.22. The molecule has 22 heavy (non-hydrogen) atoms. The van der Waals surface area contributed by atoms with Gasteiger partial charge in [-0.3, -0.25) is 4.79 Å². The first kappa shape index (κ1) is 14.6. The zero-order valence-corrected chi connectivity index (χ0v) is 12.3. The van der Waals surface area contributed by atoms with Crippen LogP contribution in [-0.2, 0) is 11.4 Å². The molecule has 0 saturated heterocycles. The van der Waals surface area contributed by atoms with E-state index in [9.17, 15) is 9.90 Å². The van der Waals surface area contributed by atoms with Crippen molar-refractivity contribution in [2.75, 3.05) is 7.11 Å². The topological polar surface area (TPSA) is 66.8 Å². The number of methoxy groups -OCH3 is 1. The highest BCUT2D eigenvalue weighted by Crippen LogP contribution is 2.48. The quantitative estimate of drug-likeness (QED) is 0.890. The number of ether oxygens (including phenoxy) is 1. The van der Waals surface area contributed by atoms with Crippen molar-refractivity contribution in [3.8, 4) is 16.9 Å². The van der Waals surface area contributed by atoms with Gasteiger partial charge in [-0.05, 0) is 46.7 Å². The molecule has 1 fully saturated rings. The maximum Gasteiger partial charge on any atom is 0.307 e. The van der Waals surface area contributed by atoms with Crippen molar-refractivity contribution in [1.82, 2.24) is 0 Å². The number of aliphatic carboxylic acids is 1. The summed E-state index contributed by atoms with van der Waals surface area (Å²) in [5, 5.41) is 18.6. The molecule has 0 amide bonds. The van der Waals surface area contributed by atoms with E-state index in [0.717, 1.165) is 28.0 Å². The molecule has 1 aliphatic carbocycles. The number of carbonyl (C=O) groups is 1. The van der Waals surface area contributed by atoms with Gasteiger partial charge in [0.25, 0.3) is 0 Å². The molecule has 0 unspecified atom stereocenters. The SMILES string of the molecule is COc1ccc(CO)c(-c2cccc([C@@H]3C[C@H]3C(=O)O)c2)c1. The molecule has 0 bridgehead atoms. The Morgan fingerprint density at radius 2 is 2.09 bits per heavy atom. The minimum atomic E-state index is -0.729. The Hall–Kier alpha value is -2.33. The van der Waals surface area contributed by atoms with Gasteiger partial charge in [-0.1, -0.05) is 30.3 Å². The Morgan fingerprint density at radius 1 is 1.27 bits per heavy atom. The fourth-order valence-corrected chi connectivity index (χ4v) is 2.86. The molecular formula is C18H18O4. The van der Waals surface area contributed by atoms with Crippen molar-refractivity contribution < 1.29 is 19.7 Å². The van der Waals surface area contributed by atoms with Crippen LogP contribution in [0.1, 0.15) is 23.5 Å². The van der Waals surface area contributed by atoms with Crippen molar-refractivity contribution >= 4 is 5.97 Å². The molecule has 2 atom stereocenters.